The first-order valence-electron chi connectivity index (χ1n) is 5.60. The first-order valence-corrected chi connectivity index (χ1v) is 6.76. The Bertz CT molecular complexity index is 254. The third kappa shape index (κ3) is 5.39. The summed E-state index contributed by atoms with van der Waals surface area (Å²) in [6, 6.07) is 0. The maximum atomic E-state index is 11.6. The van der Waals surface area contributed by atoms with Crippen molar-refractivity contribution in [3.05, 3.63) is 0 Å². The molecule has 0 spiro atoms. The third-order valence-electron chi connectivity index (χ3n) is 2.41. The Hall–Kier alpha value is -0.710. The van der Waals surface area contributed by atoms with Crippen molar-refractivity contribution >= 4 is 23.6 Å². The highest BCUT2D eigenvalue weighted by Crippen LogP contribution is 2.29. The summed E-state index contributed by atoms with van der Waals surface area (Å²) in [6.07, 6.45) is 2.49. The minimum atomic E-state index is -0.245. The molecule has 0 heterocycles. The lowest BCUT2D eigenvalue weighted by Crippen LogP contribution is -2.30. The number of ether oxygens (including phenoxy) is 1. The molecule has 0 aliphatic heterocycles. The van der Waals surface area contributed by atoms with E-state index in [2.05, 4.69) is 0 Å². The summed E-state index contributed by atoms with van der Waals surface area (Å²) in [5.41, 5.74) is 0. The van der Waals surface area contributed by atoms with E-state index in [0.717, 1.165) is 6.54 Å². The zero-order chi connectivity index (χ0) is 12.0. The Labute approximate surface area is 101 Å². The average molecular weight is 245 g/mol. The Morgan fingerprint density at radius 3 is 2.62 bits per heavy atom. The number of rotatable bonds is 7. The standard InChI is InChI=1S/C11H19NO3S/c1-3-15-11(14)8-16-7-10(13)12(2)6-9-4-5-9/h9H,3-8H2,1-2H3. The summed E-state index contributed by atoms with van der Waals surface area (Å²) in [4.78, 5) is 24.4. The normalized spacial score (nSPS) is 14.6. The summed E-state index contributed by atoms with van der Waals surface area (Å²) >= 11 is 1.32. The Balaban J connectivity index is 2.06. The average Bonchev–Trinajstić information content (AvgIpc) is 3.01. The van der Waals surface area contributed by atoms with Crippen molar-refractivity contribution in [1.82, 2.24) is 4.90 Å². The molecule has 1 aliphatic rings. The van der Waals surface area contributed by atoms with Crippen LogP contribution in [0.15, 0.2) is 0 Å². The van der Waals surface area contributed by atoms with Crippen LogP contribution in [0.5, 0.6) is 0 Å². The number of amides is 1. The summed E-state index contributed by atoms with van der Waals surface area (Å²) in [7, 11) is 1.82. The van der Waals surface area contributed by atoms with E-state index in [4.69, 9.17) is 4.74 Å². The molecule has 0 atom stereocenters. The fourth-order valence-electron chi connectivity index (χ4n) is 1.32. The predicted molar refractivity (Wildman–Crippen MR) is 64.3 cm³/mol. The Morgan fingerprint density at radius 2 is 2.06 bits per heavy atom. The molecule has 0 saturated heterocycles. The molecule has 16 heavy (non-hydrogen) atoms. The van der Waals surface area contributed by atoms with Crippen LogP contribution in [0.25, 0.3) is 0 Å². The van der Waals surface area contributed by atoms with Crippen molar-refractivity contribution < 1.29 is 14.3 Å². The smallest absolute Gasteiger partial charge is 0.315 e. The molecule has 1 fully saturated rings. The Morgan fingerprint density at radius 1 is 1.38 bits per heavy atom. The van der Waals surface area contributed by atoms with Crippen LogP contribution in [0.3, 0.4) is 0 Å². The van der Waals surface area contributed by atoms with Gasteiger partial charge in [-0.05, 0) is 25.7 Å². The van der Waals surface area contributed by atoms with Crippen LogP contribution >= 0.6 is 11.8 Å². The van der Waals surface area contributed by atoms with Crippen molar-refractivity contribution in [2.75, 3.05) is 31.7 Å². The van der Waals surface area contributed by atoms with Gasteiger partial charge in [-0.3, -0.25) is 9.59 Å². The molecule has 92 valence electrons. The van der Waals surface area contributed by atoms with Crippen molar-refractivity contribution in [3.63, 3.8) is 0 Å². The van der Waals surface area contributed by atoms with Crippen LogP contribution in [0.2, 0.25) is 0 Å². The highest BCUT2D eigenvalue weighted by Gasteiger charge is 2.24. The van der Waals surface area contributed by atoms with Gasteiger partial charge in [-0.1, -0.05) is 0 Å². The van der Waals surface area contributed by atoms with E-state index < -0.39 is 0 Å². The number of hydrogen-bond acceptors (Lipinski definition) is 4. The van der Waals surface area contributed by atoms with Crippen molar-refractivity contribution in [2.45, 2.75) is 19.8 Å². The van der Waals surface area contributed by atoms with E-state index in [9.17, 15) is 9.59 Å². The minimum Gasteiger partial charge on any atom is -0.465 e. The molecule has 1 aliphatic carbocycles. The lowest BCUT2D eigenvalue weighted by molar-refractivity contribution is -0.139. The maximum absolute atomic E-state index is 11.6. The molecule has 0 bridgehead atoms. The van der Waals surface area contributed by atoms with Gasteiger partial charge in [0.05, 0.1) is 18.1 Å². The molecular formula is C11H19NO3S. The van der Waals surface area contributed by atoms with Gasteiger partial charge < -0.3 is 9.64 Å². The molecule has 0 aromatic carbocycles. The summed E-state index contributed by atoms with van der Waals surface area (Å²) in [5, 5.41) is 0. The first-order chi connectivity index (χ1) is 7.63. The molecule has 4 nitrogen and oxygen atoms in total. The molecule has 0 aromatic rings. The van der Waals surface area contributed by atoms with Crippen LogP contribution in [0.4, 0.5) is 0 Å². The monoisotopic (exact) mass is 245 g/mol. The largest absolute Gasteiger partial charge is 0.465 e. The highest BCUT2D eigenvalue weighted by atomic mass is 32.2. The second-order valence-electron chi connectivity index (χ2n) is 4.02. The molecule has 1 amide bonds. The fraction of sp³-hybridized carbons (Fsp3) is 0.818. The van der Waals surface area contributed by atoms with Crippen molar-refractivity contribution in [3.8, 4) is 0 Å². The molecular weight excluding hydrogens is 226 g/mol. The molecule has 0 N–H and O–H groups in total. The molecule has 1 saturated carbocycles. The number of esters is 1. The zero-order valence-electron chi connectivity index (χ0n) is 9.90. The highest BCUT2D eigenvalue weighted by molar-refractivity contribution is 8.00. The molecule has 0 unspecified atom stereocenters. The van der Waals surface area contributed by atoms with Crippen molar-refractivity contribution in [2.24, 2.45) is 5.92 Å². The summed E-state index contributed by atoms with van der Waals surface area (Å²) in [5.74, 6) is 1.19. The second-order valence-corrected chi connectivity index (χ2v) is 5.00. The second kappa shape index (κ2) is 6.78. The van der Waals surface area contributed by atoms with E-state index in [-0.39, 0.29) is 17.6 Å². The third-order valence-corrected chi connectivity index (χ3v) is 3.30. The van der Waals surface area contributed by atoms with Gasteiger partial charge in [0.1, 0.15) is 0 Å². The van der Waals surface area contributed by atoms with Gasteiger partial charge in [-0.25, -0.2) is 0 Å². The van der Waals surface area contributed by atoms with E-state index in [0.29, 0.717) is 18.3 Å². The van der Waals surface area contributed by atoms with Gasteiger partial charge in [-0.2, -0.15) is 0 Å². The molecule has 1 rings (SSSR count). The zero-order valence-corrected chi connectivity index (χ0v) is 10.7. The minimum absolute atomic E-state index is 0.0983. The van der Waals surface area contributed by atoms with Crippen LogP contribution in [0, 0.1) is 5.92 Å². The van der Waals surface area contributed by atoms with Gasteiger partial charge in [0.2, 0.25) is 5.91 Å². The van der Waals surface area contributed by atoms with Crippen molar-refractivity contribution in [1.29, 1.82) is 0 Å². The summed E-state index contributed by atoms with van der Waals surface area (Å²) < 4.78 is 4.77. The number of nitrogens with zero attached hydrogens (tertiary/aromatic N) is 1. The molecule has 5 heteroatoms. The van der Waals surface area contributed by atoms with Gasteiger partial charge in [0.15, 0.2) is 0 Å². The van der Waals surface area contributed by atoms with E-state index >= 15 is 0 Å². The molecule has 0 radical (unpaired) electrons. The fourth-order valence-corrected chi connectivity index (χ4v) is 2.07. The lowest BCUT2D eigenvalue weighted by Gasteiger charge is -2.16. The van der Waals surface area contributed by atoms with Crippen LogP contribution in [-0.2, 0) is 14.3 Å². The van der Waals surface area contributed by atoms with E-state index in [1.165, 1.54) is 24.6 Å². The van der Waals surface area contributed by atoms with Crippen LogP contribution < -0.4 is 0 Å². The van der Waals surface area contributed by atoms with E-state index in [1.54, 1.807) is 11.8 Å². The number of thioether (sulfide) groups is 1. The lowest BCUT2D eigenvalue weighted by atomic mass is 10.4. The topological polar surface area (TPSA) is 46.6 Å². The van der Waals surface area contributed by atoms with Gasteiger partial charge >= 0.3 is 5.97 Å². The number of carbonyl (C=O) groups is 2. The molecule has 0 aromatic heterocycles. The predicted octanol–water partition coefficient (Wildman–Crippen LogP) is 1.15. The van der Waals surface area contributed by atoms with Crippen LogP contribution in [0.1, 0.15) is 19.8 Å². The quantitative estimate of drug-likeness (QED) is 0.631. The van der Waals surface area contributed by atoms with E-state index in [1.807, 2.05) is 7.05 Å². The SMILES string of the molecule is CCOC(=O)CSCC(=O)N(C)CC1CC1. The first kappa shape index (κ1) is 13.4. The van der Waals surface area contributed by atoms with Gasteiger partial charge in [-0.15, -0.1) is 11.8 Å². The van der Waals surface area contributed by atoms with Gasteiger partial charge in [0, 0.05) is 13.6 Å². The number of carbonyl (C=O) groups excluding carboxylic acids is 2. The van der Waals surface area contributed by atoms with Gasteiger partial charge in [0.25, 0.3) is 0 Å². The van der Waals surface area contributed by atoms with Crippen LogP contribution in [-0.4, -0.2) is 48.5 Å². The number of hydrogen-bond donors (Lipinski definition) is 0. The summed E-state index contributed by atoms with van der Waals surface area (Å²) in [6.45, 7) is 3.03. The maximum Gasteiger partial charge on any atom is 0.315 e. The Kier molecular flexibility index (Phi) is 5.66.